The van der Waals surface area contributed by atoms with E-state index in [9.17, 15) is 13.2 Å². The minimum absolute atomic E-state index is 0.0128. The van der Waals surface area contributed by atoms with Crippen molar-refractivity contribution in [3.63, 3.8) is 0 Å². The first kappa shape index (κ1) is 29.8. The van der Waals surface area contributed by atoms with Crippen LogP contribution in [0, 0.1) is 20.8 Å². The highest BCUT2D eigenvalue weighted by Gasteiger charge is 2.31. The van der Waals surface area contributed by atoms with E-state index in [4.69, 9.17) is 9.72 Å². The number of rotatable bonds is 7. The van der Waals surface area contributed by atoms with Crippen molar-refractivity contribution in [2.45, 2.75) is 40.2 Å². The van der Waals surface area contributed by atoms with E-state index in [1.807, 2.05) is 36.9 Å². The monoisotopic (exact) mass is 669 g/mol. The molecule has 2 fully saturated rings. The summed E-state index contributed by atoms with van der Waals surface area (Å²) in [5, 5.41) is 3.54. The van der Waals surface area contributed by atoms with Crippen LogP contribution in [0.4, 0.5) is 5.69 Å². The SMILES string of the molecule is CCS(=O)(=O)N1CCC(Nc2c(Br)cnc3nc(-c4cc(C)n(-c5cc(C(=O)N6CCOCC6)ccc5C)c4C)[nH]c23)C1. The Balaban J connectivity index is 1.32. The third-order valence-corrected chi connectivity index (χ3v) is 10.9. The molecule has 1 aromatic carbocycles. The van der Waals surface area contributed by atoms with Gasteiger partial charge in [-0.1, -0.05) is 6.07 Å². The maximum absolute atomic E-state index is 13.3. The van der Waals surface area contributed by atoms with Gasteiger partial charge in [-0.3, -0.25) is 4.79 Å². The van der Waals surface area contributed by atoms with E-state index in [-0.39, 0.29) is 17.7 Å². The molecule has 43 heavy (non-hydrogen) atoms. The van der Waals surface area contributed by atoms with Crippen molar-refractivity contribution >= 4 is 48.7 Å². The molecule has 0 bridgehead atoms. The number of ether oxygens (including phenoxy) is 1. The fourth-order valence-corrected chi connectivity index (χ4v) is 7.56. The molecule has 0 aliphatic carbocycles. The number of nitrogens with zero attached hydrogens (tertiary/aromatic N) is 5. The van der Waals surface area contributed by atoms with E-state index in [0.29, 0.717) is 62.8 Å². The molecule has 3 aromatic heterocycles. The van der Waals surface area contributed by atoms with E-state index in [1.54, 1.807) is 17.4 Å². The van der Waals surface area contributed by atoms with Crippen molar-refractivity contribution in [1.82, 2.24) is 28.7 Å². The number of sulfonamides is 1. The Morgan fingerprint density at radius 2 is 1.93 bits per heavy atom. The summed E-state index contributed by atoms with van der Waals surface area (Å²) < 4.78 is 34.7. The molecule has 2 saturated heterocycles. The molecule has 13 heteroatoms. The van der Waals surface area contributed by atoms with Gasteiger partial charge in [-0.05, 0) is 73.8 Å². The lowest BCUT2D eigenvalue weighted by Gasteiger charge is -2.27. The number of carbonyl (C=O) groups is 1. The minimum Gasteiger partial charge on any atom is -0.378 e. The van der Waals surface area contributed by atoms with Gasteiger partial charge in [0.25, 0.3) is 5.91 Å². The number of carbonyl (C=O) groups excluding carboxylic acids is 1. The van der Waals surface area contributed by atoms with Crippen molar-refractivity contribution in [3.05, 3.63) is 57.4 Å². The maximum Gasteiger partial charge on any atom is 0.254 e. The number of imidazole rings is 1. The lowest BCUT2D eigenvalue weighted by atomic mass is 10.1. The molecule has 2 aliphatic heterocycles. The van der Waals surface area contributed by atoms with Crippen molar-refractivity contribution in [2.75, 3.05) is 50.5 Å². The van der Waals surface area contributed by atoms with E-state index >= 15 is 0 Å². The van der Waals surface area contributed by atoms with Crippen LogP contribution < -0.4 is 5.32 Å². The van der Waals surface area contributed by atoms with Crippen molar-refractivity contribution in [2.24, 2.45) is 0 Å². The molecular weight excluding hydrogens is 634 g/mol. The fourth-order valence-electron chi connectivity index (χ4n) is 5.99. The molecule has 4 aromatic rings. The molecule has 5 heterocycles. The highest BCUT2D eigenvalue weighted by Crippen LogP contribution is 2.35. The summed E-state index contributed by atoms with van der Waals surface area (Å²) in [7, 11) is -3.23. The number of morpholine rings is 1. The van der Waals surface area contributed by atoms with Gasteiger partial charge in [0.15, 0.2) is 5.65 Å². The fraction of sp³-hybridized carbons (Fsp3) is 0.433. The van der Waals surface area contributed by atoms with Crippen molar-refractivity contribution in [1.29, 1.82) is 0 Å². The van der Waals surface area contributed by atoms with Gasteiger partial charge in [-0.15, -0.1) is 0 Å². The van der Waals surface area contributed by atoms with E-state index in [2.05, 4.69) is 48.8 Å². The molecule has 1 unspecified atom stereocenters. The predicted octanol–water partition coefficient (Wildman–Crippen LogP) is 4.41. The quantitative estimate of drug-likeness (QED) is 0.299. The molecule has 0 saturated carbocycles. The minimum atomic E-state index is -3.23. The number of benzene rings is 1. The van der Waals surface area contributed by atoms with Crippen LogP contribution in [0.5, 0.6) is 0 Å². The second-order valence-electron chi connectivity index (χ2n) is 11.2. The Labute approximate surface area is 259 Å². The van der Waals surface area contributed by atoms with E-state index in [0.717, 1.165) is 43.9 Å². The first-order chi connectivity index (χ1) is 20.6. The zero-order valence-corrected chi connectivity index (χ0v) is 27.2. The number of aryl methyl sites for hydroxylation is 2. The second-order valence-corrected chi connectivity index (χ2v) is 14.3. The normalized spacial score (nSPS) is 18.1. The summed E-state index contributed by atoms with van der Waals surface area (Å²) in [5.74, 6) is 0.792. The number of aromatic amines is 1. The highest BCUT2D eigenvalue weighted by atomic mass is 79.9. The highest BCUT2D eigenvalue weighted by molar-refractivity contribution is 9.10. The second kappa shape index (κ2) is 11.7. The molecule has 1 amide bonds. The van der Waals surface area contributed by atoms with Gasteiger partial charge in [0.1, 0.15) is 11.3 Å². The predicted molar refractivity (Wildman–Crippen MR) is 170 cm³/mol. The lowest BCUT2D eigenvalue weighted by Crippen LogP contribution is -2.40. The molecule has 0 radical (unpaired) electrons. The van der Waals surface area contributed by atoms with Crippen molar-refractivity contribution in [3.8, 4) is 17.1 Å². The molecular formula is C30H36BrN7O4S. The van der Waals surface area contributed by atoms with Crippen LogP contribution in [0.25, 0.3) is 28.2 Å². The summed E-state index contributed by atoms with van der Waals surface area (Å²) in [6.07, 6.45) is 2.43. The first-order valence-corrected chi connectivity index (χ1v) is 16.9. The van der Waals surface area contributed by atoms with Crippen LogP contribution in [-0.2, 0) is 14.8 Å². The largest absolute Gasteiger partial charge is 0.378 e. The number of fused-ring (bicyclic) bond motifs is 1. The number of halogens is 1. The summed E-state index contributed by atoms with van der Waals surface area (Å²) in [4.78, 5) is 28.0. The van der Waals surface area contributed by atoms with Crippen LogP contribution in [0.2, 0.25) is 0 Å². The summed E-state index contributed by atoms with van der Waals surface area (Å²) in [5.41, 5.74) is 7.73. The molecule has 2 aliphatic rings. The first-order valence-electron chi connectivity index (χ1n) is 14.5. The van der Waals surface area contributed by atoms with Gasteiger partial charge in [0, 0.05) is 66.6 Å². The van der Waals surface area contributed by atoms with Gasteiger partial charge in [-0.25, -0.2) is 18.4 Å². The Hall–Kier alpha value is -3.26. The van der Waals surface area contributed by atoms with Gasteiger partial charge >= 0.3 is 0 Å². The molecule has 11 nitrogen and oxygen atoms in total. The zero-order chi connectivity index (χ0) is 30.5. The van der Waals surface area contributed by atoms with Gasteiger partial charge in [0.05, 0.1) is 29.1 Å². The summed E-state index contributed by atoms with van der Waals surface area (Å²) in [6, 6.07) is 7.92. The van der Waals surface area contributed by atoms with Crippen molar-refractivity contribution < 1.29 is 17.9 Å². The van der Waals surface area contributed by atoms with Gasteiger partial charge in [-0.2, -0.15) is 4.31 Å². The molecule has 228 valence electrons. The van der Waals surface area contributed by atoms with Crippen LogP contribution >= 0.6 is 15.9 Å². The zero-order valence-electron chi connectivity index (χ0n) is 24.8. The van der Waals surface area contributed by atoms with E-state index < -0.39 is 10.0 Å². The number of hydrogen-bond acceptors (Lipinski definition) is 7. The van der Waals surface area contributed by atoms with Crippen LogP contribution in [0.1, 0.15) is 40.7 Å². The number of amides is 1. The number of aromatic nitrogens is 4. The standard InChI is InChI=1S/C30H36BrN7O4S/c1-5-43(40,41)37-9-8-22(17-37)33-26-24(31)16-32-29-27(26)34-28(35-29)23-14-19(3)38(20(23)4)25-15-21(7-6-18(25)2)30(39)36-10-12-42-13-11-36/h6-7,14-16,22H,5,8-13,17H2,1-4H3,(H2,32,33,34,35). The van der Waals surface area contributed by atoms with Crippen LogP contribution in [0.3, 0.4) is 0 Å². The number of anilines is 1. The smallest absolute Gasteiger partial charge is 0.254 e. The average molecular weight is 671 g/mol. The molecule has 6 rings (SSSR count). The Bertz CT molecular complexity index is 1810. The Morgan fingerprint density at radius 3 is 2.67 bits per heavy atom. The molecule has 2 N–H and O–H groups in total. The number of H-pyrrole nitrogens is 1. The third-order valence-electron chi connectivity index (χ3n) is 8.41. The number of nitrogens with one attached hydrogen (secondary N) is 2. The maximum atomic E-state index is 13.3. The van der Waals surface area contributed by atoms with Gasteiger partial charge < -0.3 is 24.5 Å². The molecule has 0 spiro atoms. The summed E-state index contributed by atoms with van der Waals surface area (Å²) in [6.45, 7) is 11.0. The topological polar surface area (TPSA) is 125 Å². The third kappa shape index (κ3) is 5.59. The Kier molecular flexibility index (Phi) is 8.09. The van der Waals surface area contributed by atoms with E-state index in [1.165, 1.54) is 0 Å². The Morgan fingerprint density at radius 1 is 1.16 bits per heavy atom. The van der Waals surface area contributed by atoms with Crippen LogP contribution in [0.15, 0.2) is 34.9 Å². The number of hydrogen-bond donors (Lipinski definition) is 2. The number of pyridine rings is 1. The lowest BCUT2D eigenvalue weighted by molar-refractivity contribution is 0.0303. The average Bonchev–Trinajstić information content (AvgIpc) is 3.73. The summed E-state index contributed by atoms with van der Waals surface area (Å²) >= 11 is 3.63. The van der Waals surface area contributed by atoms with Gasteiger partial charge in [0.2, 0.25) is 10.0 Å². The van der Waals surface area contributed by atoms with Crippen LogP contribution in [-0.4, -0.2) is 94.2 Å². The molecule has 1 atom stereocenters.